The van der Waals surface area contributed by atoms with Gasteiger partial charge in [0.1, 0.15) is 5.82 Å². The van der Waals surface area contributed by atoms with Gasteiger partial charge in [-0.05, 0) is 25.1 Å². The average Bonchev–Trinajstić information content (AvgIpc) is 2.77. The van der Waals surface area contributed by atoms with Crippen molar-refractivity contribution < 1.29 is 9.18 Å². The molecule has 2 heterocycles. The summed E-state index contributed by atoms with van der Waals surface area (Å²) in [7, 11) is 0. The summed E-state index contributed by atoms with van der Waals surface area (Å²) in [4.78, 5) is 15.4. The number of nitrogens with one attached hydrogen (secondary N) is 1. The van der Waals surface area contributed by atoms with Gasteiger partial charge in [0.25, 0.3) is 5.91 Å². The van der Waals surface area contributed by atoms with Gasteiger partial charge in [0.15, 0.2) is 0 Å². The van der Waals surface area contributed by atoms with Gasteiger partial charge < -0.3 is 5.32 Å². The predicted molar refractivity (Wildman–Crippen MR) is 82.9 cm³/mol. The van der Waals surface area contributed by atoms with Crippen LogP contribution in [0.5, 0.6) is 0 Å². The van der Waals surface area contributed by atoms with Gasteiger partial charge in [0.05, 0.1) is 27.0 Å². The van der Waals surface area contributed by atoms with Crippen LogP contribution < -0.4 is 5.32 Å². The molecular formula is C15H11Cl2FN2O. The summed E-state index contributed by atoms with van der Waals surface area (Å²) < 4.78 is 12.2. The molecule has 3 nitrogen and oxygen atoms in total. The molecule has 0 spiro atoms. The van der Waals surface area contributed by atoms with Gasteiger partial charge in [-0.3, -0.25) is 9.78 Å². The summed E-state index contributed by atoms with van der Waals surface area (Å²) >= 11 is 11.1. The number of carbonyl (C=O) groups excluding carboxylic acids is 1. The van der Waals surface area contributed by atoms with Gasteiger partial charge in [-0.1, -0.05) is 41.4 Å². The largest absolute Gasteiger partial charge is 0.320 e. The van der Waals surface area contributed by atoms with E-state index in [9.17, 15) is 9.18 Å². The number of pyridine rings is 1. The highest BCUT2D eigenvalue weighted by atomic mass is 35.5. The lowest BCUT2D eigenvalue weighted by Crippen LogP contribution is -2.03. The molecule has 0 fully saturated rings. The Morgan fingerprint density at radius 2 is 2.00 bits per heavy atom. The molecule has 1 aliphatic rings. The lowest BCUT2D eigenvalue weighted by molar-refractivity contribution is -0.110. The molecule has 1 aliphatic heterocycles. The van der Waals surface area contributed by atoms with Gasteiger partial charge >= 0.3 is 0 Å². The summed E-state index contributed by atoms with van der Waals surface area (Å²) in [6, 6.07) is 7.81. The SMILES string of the molecule is C/C=C1/C(=O)Nc2cc(Cl)cnc21.Fc1ccccc1Cl. The number of anilines is 1. The highest BCUT2D eigenvalue weighted by molar-refractivity contribution is 6.33. The second kappa shape index (κ2) is 6.70. The number of aromatic nitrogens is 1. The van der Waals surface area contributed by atoms with Crippen LogP contribution in [0.3, 0.4) is 0 Å². The normalized spacial score (nSPS) is 14.3. The van der Waals surface area contributed by atoms with E-state index >= 15 is 0 Å². The second-order valence-corrected chi connectivity index (χ2v) is 4.96. The molecule has 0 aliphatic carbocycles. The quantitative estimate of drug-likeness (QED) is 0.721. The minimum Gasteiger partial charge on any atom is -0.320 e. The van der Waals surface area contributed by atoms with E-state index in [1.54, 1.807) is 31.2 Å². The fourth-order valence-corrected chi connectivity index (χ4v) is 2.05. The van der Waals surface area contributed by atoms with Crippen LogP contribution in [0.2, 0.25) is 10.0 Å². The number of halogens is 3. The van der Waals surface area contributed by atoms with Crippen molar-refractivity contribution in [3.8, 4) is 0 Å². The second-order valence-electron chi connectivity index (χ2n) is 4.12. The third-order valence-corrected chi connectivity index (χ3v) is 3.23. The summed E-state index contributed by atoms with van der Waals surface area (Å²) in [6.07, 6.45) is 3.27. The molecule has 0 radical (unpaired) electrons. The molecule has 1 N–H and O–H groups in total. The highest BCUT2D eigenvalue weighted by Gasteiger charge is 2.24. The number of benzene rings is 1. The first-order valence-electron chi connectivity index (χ1n) is 6.06. The van der Waals surface area contributed by atoms with E-state index in [0.29, 0.717) is 22.0 Å². The van der Waals surface area contributed by atoms with E-state index in [4.69, 9.17) is 23.2 Å². The third-order valence-electron chi connectivity index (χ3n) is 2.72. The van der Waals surface area contributed by atoms with Crippen molar-refractivity contribution in [3.05, 3.63) is 64.2 Å². The number of allylic oxidation sites excluding steroid dienone is 1. The van der Waals surface area contributed by atoms with Crippen molar-refractivity contribution >= 4 is 40.4 Å². The molecule has 0 saturated heterocycles. The Labute approximate surface area is 131 Å². The average molecular weight is 325 g/mol. The first kappa shape index (κ1) is 15.5. The lowest BCUT2D eigenvalue weighted by atomic mass is 10.2. The number of hydrogen-bond donors (Lipinski definition) is 1. The Bertz CT molecular complexity index is 696. The molecule has 108 valence electrons. The standard InChI is InChI=1S/C9H7ClN2O.C6H4ClF/c1-2-6-8-7(12-9(6)13)3-5(10)4-11-8;7-5-3-1-2-4-6(5)8/h2-4H,1H3,(H,12,13);1-4H/b6-2+;. The van der Waals surface area contributed by atoms with Crippen LogP contribution in [0, 0.1) is 5.82 Å². The minimum atomic E-state index is -0.367. The van der Waals surface area contributed by atoms with Crippen LogP contribution >= 0.6 is 23.2 Å². The number of amides is 1. The van der Waals surface area contributed by atoms with Crippen LogP contribution in [-0.4, -0.2) is 10.9 Å². The maximum Gasteiger partial charge on any atom is 0.257 e. The molecule has 1 aromatic heterocycles. The van der Waals surface area contributed by atoms with Crippen molar-refractivity contribution in [2.75, 3.05) is 5.32 Å². The van der Waals surface area contributed by atoms with Crippen LogP contribution in [0.25, 0.3) is 5.57 Å². The molecule has 0 unspecified atom stereocenters. The monoisotopic (exact) mass is 324 g/mol. The molecular weight excluding hydrogens is 314 g/mol. The van der Waals surface area contributed by atoms with E-state index in [2.05, 4.69) is 10.3 Å². The van der Waals surface area contributed by atoms with Crippen LogP contribution in [0.1, 0.15) is 12.6 Å². The lowest BCUT2D eigenvalue weighted by Gasteiger charge is -1.96. The molecule has 6 heteroatoms. The van der Waals surface area contributed by atoms with E-state index in [1.165, 1.54) is 18.3 Å². The van der Waals surface area contributed by atoms with Crippen molar-refractivity contribution in [1.29, 1.82) is 0 Å². The zero-order valence-electron chi connectivity index (χ0n) is 11.0. The fourth-order valence-electron chi connectivity index (χ4n) is 1.75. The molecule has 2 aromatic rings. The highest BCUT2D eigenvalue weighted by Crippen LogP contribution is 2.31. The fraction of sp³-hybridized carbons (Fsp3) is 0.0667. The Morgan fingerprint density at radius 3 is 2.57 bits per heavy atom. The van der Waals surface area contributed by atoms with Gasteiger partial charge in [-0.2, -0.15) is 0 Å². The van der Waals surface area contributed by atoms with E-state index in [0.717, 1.165) is 0 Å². The summed E-state index contributed by atoms with van der Waals surface area (Å²) in [6.45, 7) is 1.81. The number of rotatable bonds is 0. The Hall–Kier alpha value is -1.91. The maximum atomic E-state index is 12.2. The van der Waals surface area contributed by atoms with Crippen molar-refractivity contribution in [2.24, 2.45) is 0 Å². The Kier molecular flexibility index (Phi) is 4.94. The molecule has 21 heavy (non-hydrogen) atoms. The van der Waals surface area contributed by atoms with Gasteiger partial charge in [0.2, 0.25) is 0 Å². The van der Waals surface area contributed by atoms with Crippen molar-refractivity contribution in [3.63, 3.8) is 0 Å². The van der Waals surface area contributed by atoms with Crippen LogP contribution in [-0.2, 0) is 4.79 Å². The summed E-state index contributed by atoms with van der Waals surface area (Å²) in [5.74, 6) is -0.485. The Morgan fingerprint density at radius 1 is 1.29 bits per heavy atom. The zero-order valence-corrected chi connectivity index (χ0v) is 12.5. The first-order valence-corrected chi connectivity index (χ1v) is 6.82. The number of fused-ring (bicyclic) bond motifs is 1. The molecule has 0 atom stereocenters. The van der Waals surface area contributed by atoms with Gasteiger partial charge in [-0.15, -0.1) is 0 Å². The maximum absolute atomic E-state index is 12.2. The molecule has 3 rings (SSSR count). The predicted octanol–water partition coefficient (Wildman–Crippen LogP) is 4.57. The summed E-state index contributed by atoms with van der Waals surface area (Å²) in [5, 5.41) is 3.38. The zero-order chi connectivity index (χ0) is 15.4. The van der Waals surface area contributed by atoms with Crippen molar-refractivity contribution in [2.45, 2.75) is 6.92 Å². The summed E-state index contributed by atoms with van der Waals surface area (Å²) in [5.41, 5.74) is 1.97. The van der Waals surface area contributed by atoms with E-state index < -0.39 is 0 Å². The van der Waals surface area contributed by atoms with Crippen LogP contribution in [0.4, 0.5) is 10.1 Å². The molecule has 1 amide bonds. The minimum absolute atomic E-state index is 0.118. The molecule has 0 saturated carbocycles. The van der Waals surface area contributed by atoms with Gasteiger partial charge in [0, 0.05) is 6.20 Å². The Balaban J connectivity index is 0.000000173. The topological polar surface area (TPSA) is 42.0 Å². The molecule has 1 aromatic carbocycles. The molecule has 0 bridgehead atoms. The first-order chi connectivity index (χ1) is 10.0. The number of hydrogen-bond acceptors (Lipinski definition) is 2. The van der Waals surface area contributed by atoms with Crippen LogP contribution in [0.15, 0.2) is 42.6 Å². The third kappa shape index (κ3) is 3.60. The smallest absolute Gasteiger partial charge is 0.257 e. The van der Waals surface area contributed by atoms with E-state index in [1.807, 2.05) is 0 Å². The number of nitrogens with zero attached hydrogens (tertiary/aromatic N) is 1. The number of carbonyl (C=O) groups is 1. The van der Waals surface area contributed by atoms with Crippen molar-refractivity contribution in [1.82, 2.24) is 4.98 Å². The van der Waals surface area contributed by atoms with Gasteiger partial charge in [-0.25, -0.2) is 4.39 Å². The van der Waals surface area contributed by atoms with E-state index in [-0.39, 0.29) is 16.7 Å².